The standard InChI is InChI=1S/C27H29NO12/c1-9(30)27(37)6-11-16(13(7-27)39-26-19(28)25(36)22(33)14(8-29)40-26)24(35)18-17(21(11)32)20(31)10-4-3-5-12(38-2)15(10)23(18)34/h3-5,13-14,19,22,25-26,29,32-33,35-37H,6-8,28H2,1-2H3/t13-,14+,19+,22+,25+,26+,27-/m0/s1. The molecule has 13 heteroatoms. The number of methoxy groups -OCH3 is 1. The van der Waals surface area contributed by atoms with Gasteiger partial charge in [-0.3, -0.25) is 14.4 Å². The SMILES string of the molecule is COc1cccc2c1C(=O)c1c(O)c3c(c(O)c1C2=O)C[C@@](O)(C(C)=O)C[C@@H]3O[C@@H]1O[C@H](CO)[C@@H](O)[C@H](O)[C@H]1N. The van der Waals surface area contributed by atoms with Gasteiger partial charge in [0.2, 0.25) is 5.78 Å². The van der Waals surface area contributed by atoms with E-state index in [0.717, 1.165) is 6.92 Å². The van der Waals surface area contributed by atoms with Crippen molar-refractivity contribution < 1.29 is 59.2 Å². The second kappa shape index (κ2) is 9.89. The first-order valence-corrected chi connectivity index (χ1v) is 12.5. The number of hydrogen-bond acceptors (Lipinski definition) is 13. The van der Waals surface area contributed by atoms with Gasteiger partial charge in [0, 0.05) is 29.5 Å². The Morgan fingerprint density at radius 3 is 2.40 bits per heavy atom. The average Bonchev–Trinajstić information content (AvgIpc) is 2.93. The van der Waals surface area contributed by atoms with Gasteiger partial charge in [-0.25, -0.2) is 0 Å². The zero-order chi connectivity index (χ0) is 29.3. The summed E-state index contributed by atoms with van der Waals surface area (Å²) in [5, 5.41) is 64.1. The fraction of sp³-hybridized carbons (Fsp3) is 0.444. The first kappa shape index (κ1) is 28.1. The van der Waals surface area contributed by atoms with Crippen LogP contribution in [0.1, 0.15) is 62.4 Å². The maximum atomic E-state index is 13.7. The highest BCUT2D eigenvalue weighted by atomic mass is 16.7. The summed E-state index contributed by atoms with van der Waals surface area (Å²) in [5.74, 6) is -3.68. The second-order valence-corrected chi connectivity index (χ2v) is 10.3. The Hall–Kier alpha value is -3.43. The van der Waals surface area contributed by atoms with Crippen LogP contribution in [0.15, 0.2) is 18.2 Å². The van der Waals surface area contributed by atoms with E-state index in [-0.39, 0.29) is 28.0 Å². The molecular formula is C27H29NO12. The third kappa shape index (κ3) is 4.01. The molecule has 1 aliphatic heterocycles. The monoisotopic (exact) mass is 559 g/mol. The molecule has 0 amide bonds. The van der Waals surface area contributed by atoms with Crippen LogP contribution in [0.3, 0.4) is 0 Å². The zero-order valence-corrected chi connectivity index (χ0v) is 21.5. The molecule has 0 bridgehead atoms. The van der Waals surface area contributed by atoms with Crippen molar-refractivity contribution in [1.82, 2.24) is 0 Å². The lowest BCUT2D eigenvalue weighted by Gasteiger charge is -2.44. The molecule has 3 aliphatic rings. The smallest absolute Gasteiger partial charge is 0.202 e. The van der Waals surface area contributed by atoms with Crippen molar-refractivity contribution in [3.63, 3.8) is 0 Å². The molecule has 2 aromatic rings. The van der Waals surface area contributed by atoms with E-state index in [1.54, 1.807) is 0 Å². The van der Waals surface area contributed by atoms with E-state index in [4.69, 9.17) is 19.9 Å². The highest BCUT2D eigenvalue weighted by molar-refractivity contribution is 6.31. The van der Waals surface area contributed by atoms with Crippen molar-refractivity contribution in [3.05, 3.63) is 51.6 Å². The van der Waals surface area contributed by atoms with Gasteiger partial charge in [-0.05, 0) is 13.0 Å². The summed E-state index contributed by atoms with van der Waals surface area (Å²) in [6.45, 7) is 0.403. The predicted molar refractivity (Wildman–Crippen MR) is 133 cm³/mol. The number of aromatic hydroxyl groups is 2. The van der Waals surface area contributed by atoms with Crippen LogP contribution in [0.5, 0.6) is 17.2 Å². The number of fused-ring (bicyclic) bond motifs is 3. The average molecular weight is 560 g/mol. The van der Waals surface area contributed by atoms with Crippen LogP contribution in [-0.4, -0.2) is 98.0 Å². The van der Waals surface area contributed by atoms with E-state index >= 15 is 0 Å². The summed E-state index contributed by atoms with van der Waals surface area (Å²) in [6, 6.07) is 2.94. The first-order valence-electron chi connectivity index (χ1n) is 12.5. The quantitative estimate of drug-likeness (QED) is 0.186. The number of ketones is 3. The Kier molecular flexibility index (Phi) is 6.95. The van der Waals surface area contributed by atoms with E-state index in [9.17, 15) is 45.0 Å². The molecule has 1 saturated heterocycles. The topological polar surface area (TPSA) is 226 Å². The van der Waals surface area contributed by atoms with Gasteiger partial charge in [0.15, 0.2) is 17.9 Å². The van der Waals surface area contributed by atoms with Crippen LogP contribution in [0, 0.1) is 0 Å². The van der Waals surface area contributed by atoms with Gasteiger partial charge in [0.25, 0.3) is 0 Å². The zero-order valence-electron chi connectivity index (χ0n) is 21.5. The lowest BCUT2D eigenvalue weighted by Crippen LogP contribution is -2.62. The summed E-state index contributed by atoms with van der Waals surface area (Å²) in [7, 11) is 1.30. The molecule has 5 rings (SSSR count). The molecule has 0 saturated carbocycles. The van der Waals surface area contributed by atoms with Gasteiger partial charge in [-0.2, -0.15) is 0 Å². The Bertz CT molecular complexity index is 1420. The number of aliphatic hydroxyl groups excluding tert-OH is 3. The summed E-state index contributed by atoms with van der Waals surface area (Å²) < 4.78 is 16.7. The number of carbonyl (C=O) groups is 3. The molecule has 2 aliphatic carbocycles. The number of carbonyl (C=O) groups excluding carboxylic acids is 3. The largest absolute Gasteiger partial charge is 0.507 e. The van der Waals surface area contributed by atoms with Crippen LogP contribution < -0.4 is 10.5 Å². The van der Waals surface area contributed by atoms with Crippen LogP contribution in [0.2, 0.25) is 0 Å². The number of nitrogens with two attached hydrogens (primary N) is 1. The van der Waals surface area contributed by atoms with Gasteiger partial charge < -0.3 is 50.6 Å². The molecule has 40 heavy (non-hydrogen) atoms. The number of rotatable bonds is 5. The number of aliphatic hydroxyl groups is 4. The predicted octanol–water partition coefficient (Wildman–Crippen LogP) is -1.03. The minimum absolute atomic E-state index is 0.0684. The van der Waals surface area contributed by atoms with Gasteiger partial charge in [0.05, 0.1) is 42.6 Å². The normalized spacial score (nSPS) is 31.3. The van der Waals surface area contributed by atoms with Crippen molar-refractivity contribution >= 4 is 17.3 Å². The van der Waals surface area contributed by atoms with Gasteiger partial charge in [-0.1, -0.05) is 12.1 Å². The number of phenols is 2. The Morgan fingerprint density at radius 2 is 1.77 bits per heavy atom. The number of phenolic OH excluding ortho intramolecular Hbond substituents is 2. The van der Waals surface area contributed by atoms with E-state index < -0.39 is 102 Å². The fourth-order valence-electron chi connectivity index (χ4n) is 5.69. The van der Waals surface area contributed by atoms with E-state index in [1.807, 2.05) is 0 Å². The van der Waals surface area contributed by atoms with E-state index in [0.29, 0.717) is 0 Å². The van der Waals surface area contributed by atoms with Crippen molar-refractivity contribution in [2.45, 2.75) is 62.1 Å². The van der Waals surface area contributed by atoms with Crippen LogP contribution in [0.4, 0.5) is 0 Å². The molecule has 0 radical (unpaired) electrons. The van der Waals surface area contributed by atoms with E-state index in [1.165, 1.54) is 25.3 Å². The van der Waals surface area contributed by atoms with Gasteiger partial charge >= 0.3 is 0 Å². The third-order valence-corrected chi connectivity index (χ3v) is 7.96. The van der Waals surface area contributed by atoms with Gasteiger partial charge in [-0.15, -0.1) is 0 Å². The minimum atomic E-state index is -2.13. The Balaban J connectivity index is 1.69. The Morgan fingerprint density at radius 1 is 1.10 bits per heavy atom. The number of benzene rings is 2. The van der Waals surface area contributed by atoms with Crippen LogP contribution in [0.25, 0.3) is 0 Å². The lowest BCUT2D eigenvalue weighted by molar-refractivity contribution is -0.283. The van der Waals surface area contributed by atoms with Crippen molar-refractivity contribution in [3.8, 4) is 17.2 Å². The number of hydrogen-bond donors (Lipinski definition) is 7. The van der Waals surface area contributed by atoms with Crippen molar-refractivity contribution in [1.29, 1.82) is 0 Å². The Labute approximate surface area is 227 Å². The molecule has 13 nitrogen and oxygen atoms in total. The van der Waals surface area contributed by atoms with E-state index in [2.05, 4.69) is 0 Å². The first-order chi connectivity index (χ1) is 18.9. The summed E-state index contributed by atoms with van der Waals surface area (Å²) >= 11 is 0. The highest BCUT2D eigenvalue weighted by Gasteiger charge is 2.51. The molecule has 214 valence electrons. The fourth-order valence-corrected chi connectivity index (χ4v) is 5.69. The molecule has 8 N–H and O–H groups in total. The highest BCUT2D eigenvalue weighted by Crippen LogP contribution is 2.52. The molecule has 2 aromatic carbocycles. The summed E-state index contributed by atoms with van der Waals surface area (Å²) in [6.07, 6.45) is -8.45. The molecule has 1 heterocycles. The number of ether oxygens (including phenoxy) is 3. The maximum absolute atomic E-state index is 13.7. The lowest BCUT2D eigenvalue weighted by atomic mass is 9.72. The van der Waals surface area contributed by atoms with Crippen molar-refractivity contribution in [2.24, 2.45) is 5.73 Å². The molecular weight excluding hydrogens is 530 g/mol. The van der Waals surface area contributed by atoms with Crippen molar-refractivity contribution in [2.75, 3.05) is 13.7 Å². The van der Waals surface area contributed by atoms with Crippen LogP contribution in [-0.2, 0) is 20.7 Å². The molecule has 0 aromatic heterocycles. The minimum Gasteiger partial charge on any atom is -0.507 e. The molecule has 0 spiro atoms. The second-order valence-electron chi connectivity index (χ2n) is 10.3. The number of Topliss-reactive ketones (excluding diaryl/α,β-unsaturated/α-hetero) is 1. The molecule has 1 fully saturated rings. The van der Waals surface area contributed by atoms with Gasteiger partial charge in [0.1, 0.15) is 41.2 Å². The third-order valence-electron chi connectivity index (χ3n) is 7.96. The summed E-state index contributed by atoms with van der Waals surface area (Å²) in [5.41, 5.74) is 2.26. The molecule has 0 unspecified atom stereocenters. The van der Waals surface area contributed by atoms with Crippen LogP contribution >= 0.6 is 0 Å². The summed E-state index contributed by atoms with van der Waals surface area (Å²) in [4.78, 5) is 39.7. The maximum Gasteiger partial charge on any atom is 0.202 e. The molecule has 7 atom stereocenters.